The number of carbonyl (C=O) groups excluding carboxylic acids is 2. The van der Waals surface area contributed by atoms with Crippen LogP contribution in [0, 0.1) is 0 Å². The number of sulfonamides is 1. The van der Waals surface area contributed by atoms with Crippen molar-refractivity contribution >= 4 is 21.6 Å². The number of benzene rings is 1. The molecule has 1 fully saturated rings. The van der Waals surface area contributed by atoms with Crippen molar-refractivity contribution in [1.29, 1.82) is 0 Å². The lowest BCUT2D eigenvalue weighted by Crippen LogP contribution is -2.17. The Hall–Kier alpha value is -1.53. The maximum absolute atomic E-state index is 11.9. The average Bonchev–Trinajstić information content (AvgIpc) is 2.84. The second-order valence-corrected chi connectivity index (χ2v) is 7.23. The summed E-state index contributed by atoms with van der Waals surface area (Å²) in [4.78, 5) is 23.2. The van der Waals surface area contributed by atoms with Crippen molar-refractivity contribution in [2.75, 3.05) is 5.75 Å². The molecule has 2 N–H and O–H groups in total. The highest BCUT2D eigenvalue weighted by Gasteiger charge is 2.23. The van der Waals surface area contributed by atoms with E-state index in [4.69, 9.17) is 5.14 Å². The summed E-state index contributed by atoms with van der Waals surface area (Å²) < 4.78 is 21.6. The van der Waals surface area contributed by atoms with Crippen LogP contribution in [0.3, 0.4) is 0 Å². The lowest BCUT2D eigenvalue weighted by atomic mass is 9.95. The van der Waals surface area contributed by atoms with Crippen LogP contribution in [0.4, 0.5) is 0 Å². The first kappa shape index (κ1) is 15.9. The number of primary sulfonamides is 1. The van der Waals surface area contributed by atoms with E-state index in [1.165, 1.54) is 0 Å². The second kappa shape index (κ2) is 6.49. The molecular formula is C15H19NO4S. The van der Waals surface area contributed by atoms with Gasteiger partial charge in [0.05, 0.1) is 5.75 Å². The monoisotopic (exact) mass is 309 g/mol. The third kappa shape index (κ3) is 4.75. The smallest absolute Gasteiger partial charge is 0.209 e. The van der Waals surface area contributed by atoms with Crippen LogP contribution < -0.4 is 5.14 Å². The first-order chi connectivity index (χ1) is 9.85. The minimum atomic E-state index is -3.51. The summed E-state index contributed by atoms with van der Waals surface area (Å²) in [7, 11) is -3.51. The van der Waals surface area contributed by atoms with Crippen molar-refractivity contribution < 1.29 is 18.0 Å². The Labute approximate surface area is 124 Å². The van der Waals surface area contributed by atoms with Crippen LogP contribution in [0.5, 0.6) is 0 Å². The predicted molar refractivity (Wildman–Crippen MR) is 79.6 cm³/mol. The molecule has 0 spiro atoms. The average molecular weight is 309 g/mol. The van der Waals surface area contributed by atoms with E-state index in [1.807, 2.05) is 12.1 Å². The molecule has 21 heavy (non-hydrogen) atoms. The lowest BCUT2D eigenvalue weighted by Gasteiger charge is -2.09. The van der Waals surface area contributed by atoms with Crippen LogP contribution in [0.2, 0.25) is 0 Å². The number of ketones is 2. The van der Waals surface area contributed by atoms with Gasteiger partial charge in [0.1, 0.15) is 5.78 Å². The SMILES string of the molecule is NS(=O)(=O)CCCC(=O)c1ccc([C@H]2CCC(=O)C2)cc1. The summed E-state index contributed by atoms with van der Waals surface area (Å²) in [5, 5.41) is 4.89. The van der Waals surface area contributed by atoms with Crippen LogP contribution in [0.15, 0.2) is 24.3 Å². The number of hydrogen-bond acceptors (Lipinski definition) is 4. The van der Waals surface area contributed by atoms with Gasteiger partial charge in [0.15, 0.2) is 5.78 Å². The highest BCUT2D eigenvalue weighted by atomic mass is 32.2. The van der Waals surface area contributed by atoms with Gasteiger partial charge in [-0.3, -0.25) is 9.59 Å². The van der Waals surface area contributed by atoms with Crippen molar-refractivity contribution in [2.24, 2.45) is 5.14 Å². The van der Waals surface area contributed by atoms with Crippen molar-refractivity contribution in [1.82, 2.24) is 0 Å². The van der Waals surface area contributed by atoms with Gasteiger partial charge in [-0.2, -0.15) is 0 Å². The summed E-state index contributed by atoms with van der Waals surface area (Å²) in [5.74, 6) is 0.293. The summed E-state index contributed by atoms with van der Waals surface area (Å²) in [6.45, 7) is 0. The molecule has 1 aromatic rings. The molecule has 0 radical (unpaired) electrons. The van der Waals surface area contributed by atoms with E-state index >= 15 is 0 Å². The Morgan fingerprint density at radius 1 is 1.24 bits per heavy atom. The van der Waals surface area contributed by atoms with E-state index in [9.17, 15) is 18.0 Å². The molecule has 1 saturated carbocycles. The summed E-state index contributed by atoms with van der Waals surface area (Å²) in [5.41, 5.74) is 1.65. The molecular weight excluding hydrogens is 290 g/mol. The Morgan fingerprint density at radius 3 is 2.43 bits per heavy atom. The van der Waals surface area contributed by atoms with E-state index in [1.54, 1.807) is 12.1 Å². The van der Waals surface area contributed by atoms with Gasteiger partial charge in [-0.25, -0.2) is 13.6 Å². The molecule has 0 saturated heterocycles. The third-order valence-corrected chi connectivity index (χ3v) is 4.64. The van der Waals surface area contributed by atoms with Gasteiger partial charge in [-0.15, -0.1) is 0 Å². The van der Waals surface area contributed by atoms with Crippen LogP contribution in [0.1, 0.15) is 53.9 Å². The Bertz CT molecular complexity index is 634. The normalized spacial score (nSPS) is 18.9. The Morgan fingerprint density at radius 2 is 1.90 bits per heavy atom. The standard InChI is InChI=1S/C15H19NO4S/c16-21(19,20)9-1-2-15(18)12-5-3-11(4-6-12)13-7-8-14(17)10-13/h3-6,13H,1-2,7-10H2,(H2,16,19,20)/t13-/m0/s1. The maximum atomic E-state index is 11.9. The molecule has 0 heterocycles. The molecule has 2 rings (SSSR count). The minimum Gasteiger partial charge on any atom is -0.300 e. The van der Waals surface area contributed by atoms with Gasteiger partial charge in [0.25, 0.3) is 0 Å². The van der Waals surface area contributed by atoms with E-state index in [0.29, 0.717) is 24.2 Å². The maximum Gasteiger partial charge on any atom is 0.209 e. The van der Waals surface area contributed by atoms with Gasteiger partial charge in [0.2, 0.25) is 10.0 Å². The first-order valence-corrected chi connectivity index (χ1v) is 8.72. The molecule has 0 aromatic heterocycles. The third-order valence-electron chi connectivity index (χ3n) is 3.78. The zero-order valence-corrected chi connectivity index (χ0v) is 12.6. The minimum absolute atomic E-state index is 0.0901. The number of Topliss-reactive ketones (excluding diaryl/α,β-unsaturated/α-hetero) is 2. The quantitative estimate of drug-likeness (QED) is 0.810. The fourth-order valence-corrected chi connectivity index (χ4v) is 3.16. The zero-order chi connectivity index (χ0) is 15.5. The summed E-state index contributed by atoms with van der Waals surface area (Å²) in [6, 6.07) is 7.27. The molecule has 114 valence electrons. The fraction of sp³-hybridized carbons (Fsp3) is 0.467. The molecule has 1 atom stereocenters. The van der Waals surface area contributed by atoms with Gasteiger partial charge >= 0.3 is 0 Å². The van der Waals surface area contributed by atoms with Gasteiger partial charge in [-0.05, 0) is 24.3 Å². The predicted octanol–water partition coefficient (Wildman–Crippen LogP) is 1.77. The van der Waals surface area contributed by atoms with Gasteiger partial charge < -0.3 is 0 Å². The highest BCUT2D eigenvalue weighted by molar-refractivity contribution is 7.89. The summed E-state index contributed by atoms with van der Waals surface area (Å²) in [6.07, 6.45) is 2.50. The topological polar surface area (TPSA) is 94.3 Å². The van der Waals surface area contributed by atoms with Crippen molar-refractivity contribution in [3.63, 3.8) is 0 Å². The number of rotatable bonds is 6. The molecule has 6 heteroatoms. The summed E-state index contributed by atoms with van der Waals surface area (Å²) >= 11 is 0. The van der Waals surface area contributed by atoms with Gasteiger partial charge in [-0.1, -0.05) is 24.3 Å². The van der Waals surface area contributed by atoms with Crippen molar-refractivity contribution in [3.05, 3.63) is 35.4 Å². The van der Waals surface area contributed by atoms with Crippen LogP contribution in [0.25, 0.3) is 0 Å². The van der Waals surface area contributed by atoms with E-state index < -0.39 is 10.0 Å². The molecule has 0 amide bonds. The molecule has 1 aromatic carbocycles. The largest absolute Gasteiger partial charge is 0.300 e. The molecule has 1 aliphatic rings. The van der Waals surface area contributed by atoms with Crippen LogP contribution in [-0.4, -0.2) is 25.7 Å². The molecule has 1 aliphatic carbocycles. The lowest BCUT2D eigenvalue weighted by molar-refractivity contribution is -0.117. The number of hydrogen-bond donors (Lipinski definition) is 1. The number of nitrogens with two attached hydrogens (primary N) is 1. The van der Waals surface area contributed by atoms with Crippen molar-refractivity contribution in [2.45, 2.75) is 38.0 Å². The molecule has 5 nitrogen and oxygen atoms in total. The van der Waals surface area contributed by atoms with E-state index in [-0.39, 0.29) is 30.3 Å². The molecule has 0 bridgehead atoms. The second-order valence-electron chi connectivity index (χ2n) is 5.49. The van der Waals surface area contributed by atoms with E-state index in [2.05, 4.69) is 0 Å². The highest BCUT2D eigenvalue weighted by Crippen LogP contribution is 2.32. The molecule has 0 unspecified atom stereocenters. The van der Waals surface area contributed by atoms with Crippen LogP contribution in [-0.2, 0) is 14.8 Å². The number of carbonyl (C=O) groups is 2. The first-order valence-electron chi connectivity index (χ1n) is 7.00. The van der Waals surface area contributed by atoms with Crippen molar-refractivity contribution in [3.8, 4) is 0 Å². The zero-order valence-electron chi connectivity index (χ0n) is 11.7. The van der Waals surface area contributed by atoms with Crippen LogP contribution >= 0.6 is 0 Å². The van der Waals surface area contributed by atoms with Gasteiger partial charge in [0, 0.05) is 24.8 Å². The fourth-order valence-electron chi connectivity index (χ4n) is 2.62. The van der Waals surface area contributed by atoms with E-state index in [0.717, 1.165) is 12.0 Å². The Balaban J connectivity index is 1.92. The molecule has 0 aliphatic heterocycles. The Kier molecular flexibility index (Phi) is 4.90.